The summed E-state index contributed by atoms with van der Waals surface area (Å²) in [6.45, 7) is 1.44. The molecule has 1 aliphatic rings. The monoisotopic (exact) mass is 290 g/mol. The molecule has 0 bridgehead atoms. The van der Waals surface area contributed by atoms with Crippen LogP contribution in [0.4, 0.5) is 8.78 Å². The van der Waals surface area contributed by atoms with Crippen molar-refractivity contribution in [1.29, 1.82) is 0 Å². The Kier molecular flexibility index (Phi) is 4.17. The van der Waals surface area contributed by atoms with Gasteiger partial charge >= 0.3 is 0 Å². The van der Waals surface area contributed by atoms with Gasteiger partial charge in [-0.3, -0.25) is 0 Å². The Balaban J connectivity index is 2.33. The second kappa shape index (κ2) is 5.52. The molecule has 1 aliphatic heterocycles. The summed E-state index contributed by atoms with van der Waals surface area (Å²) in [5.41, 5.74) is 0. The largest absolute Gasteiger partial charge is 0.317 e. The van der Waals surface area contributed by atoms with E-state index in [1.807, 2.05) is 0 Å². The molecule has 1 aromatic carbocycles. The summed E-state index contributed by atoms with van der Waals surface area (Å²) in [4.78, 5) is -0.603. The van der Waals surface area contributed by atoms with Gasteiger partial charge < -0.3 is 5.32 Å². The van der Waals surface area contributed by atoms with Gasteiger partial charge in [0.05, 0.1) is 0 Å². The third-order valence-corrected chi connectivity index (χ3v) is 5.30. The van der Waals surface area contributed by atoms with Crippen molar-refractivity contribution in [1.82, 2.24) is 9.62 Å². The molecule has 0 spiro atoms. The number of sulfonamides is 1. The Labute approximate surface area is 111 Å². The minimum absolute atomic E-state index is 0.186. The third-order valence-electron chi connectivity index (χ3n) is 3.37. The van der Waals surface area contributed by atoms with Crippen LogP contribution < -0.4 is 5.32 Å². The van der Waals surface area contributed by atoms with E-state index < -0.39 is 26.6 Å². The highest BCUT2D eigenvalue weighted by atomic mass is 32.2. The topological polar surface area (TPSA) is 49.4 Å². The van der Waals surface area contributed by atoms with Crippen molar-refractivity contribution in [2.75, 3.05) is 20.1 Å². The molecule has 0 amide bonds. The molecule has 106 valence electrons. The van der Waals surface area contributed by atoms with Crippen LogP contribution in [-0.4, -0.2) is 38.9 Å². The van der Waals surface area contributed by atoms with Crippen LogP contribution in [-0.2, 0) is 10.0 Å². The van der Waals surface area contributed by atoms with Gasteiger partial charge in [-0.05, 0) is 44.1 Å². The summed E-state index contributed by atoms with van der Waals surface area (Å²) < 4.78 is 52.5. The van der Waals surface area contributed by atoms with Gasteiger partial charge in [0.25, 0.3) is 0 Å². The number of piperidine rings is 1. The van der Waals surface area contributed by atoms with E-state index in [9.17, 15) is 17.2 Å². The lowest BCUT2D eigenvalue weighted by molar-refractivity contribution is 0.295. The van der Waals surface area contributed by atoms with Crippen LogP contribution in [0, 0.1) is 11.6 Å². The Morgan fingerprint density at radius 1 is 1.26 bits per heavy atom. The smallest absolute Gasteiger partial charge is 0.246 e. The van der Waals surface area contributed by atoms with E-state index >= 15 is 0 Å². The Morgan fingerprint density at radius 3 is 2.53 bits per heavy atom. The minimum Gasteiger partial charge on any atom is -0.317 e. The van der Waals surface area contributed by atoms with Gasteiger partial charge in [0.15, 0.2) is 0 Å². The molecule has 0 saturated carbocycles. The van der Waals surface area contributed by atoms with Gasteiger partial charge in [0, 0.05) is 13.1 Å². The van der Waals surface area contributed by atoms with E-state index in [0.29, 0.717) is 12.8 Å². The van der Waals surface area contributed by atoms with Gasteiger partial charge in [-0.1, -0.05) is 0 Å². The Hall–Kier alpha value is -1.05. The molecule has 1 heterocycles. The lowest BCUT2D eigenvalue weighted by Gasteiger charge is -2.30. The van der Waals surface area contributed by atoms with Crippen molar-refractivity contribution in [3.63, 3.8) is 0 Å². The number of halogens is 2. The molecule has 0 aromatic heterocycles. The van der Waals surface area contributed by atoms with E-state index in [1.165, 1.54) is 7.05 Å². The molecule has 0 unspecified atom stereocenters. The number of benzene rings is 1. The SMILES string of the molecule is CN(C1CCNCC1)S(=O)(=O)c1cc(F)ccc1F. The summed E-state index contributed by atoms with van der Waals surface area (Å²) in [5.74, 6) is -1.69. The van der Waals surface area contributed by atoms with Gasteiger partial charge in [-0.2, -0.15) is 4.31 Å². The van der Waals surface area contributed by atoms with Crippen molar-refractivity contribution >= 4 is 10.0 Å². The van der Waals surface area contributed by atoms with Crippen LogP contribution >= 0.6 is 0 Å². The summed E-state index contributed by atoms with van der Waals surface area (Å²) in [6, 6.07) is 2.27. The standard InChI is InChI=1S/C12H16F2N2O2S/c1-16(10-4-6-15-7-5-10)19(17,18)12-8-9(13)2-3-11(12)14/h2-3,8,10,15H,4-7H2,1H3. The molecular formula is C12H16F2N2O2S. The zero-order valence-corrected chi connectivity index (χ0v) is 11.4. The lowest BCUT2D eigenvalue weighted by atomic mass is 10.1. The average Bonchev–Trinajstić information content (AvgIpc) is 2.41. The first-order valence-corrected chi connectivity index (χ1v) is 7.51. The molecule has 0 radical (unpaired) electrons. The van der Waals surface area contributed by atoms with E-state index in [2.05, 4.69) is 5.32 Å². The summed E-state index contributed by atoms with van der Waals surface area (Å²) in [6.07, 6.45) is 1.32. The van der Waals surface area contributed by atoms with Crippen molar-refractivity contribution in [3.05, 3.63) is 29.8 Å². The van der Waals surface area contributed by atoms with Gasteiger partial charge in [0.1, 0.15) is 16.5 Å². The van der Waals surface area contributed by atoms with E-state index in [0.717, 1.165) is 35.6 Å². The van der Waals surface area contributed by atoms with Crippen LogP contribution in [0.5, 0.6) is 0 Å². The zero-order valence-electron chi connectivity index (χ0n) is 10.6. The predicted molar refractivity (Wildman–Crippen MR) is 67.2 cm³/mol. The predicted octanol–water partition coefficient (Wildman–Crippen LogP) is 1.34. The summed E-state index contributed by atoms with van der Waals surface area (Å²) in [7, 11) is -2.59. The molecular weight excluding hydrogens is 274 g/mol. The number of nitrogens with zero attached hydrogens (tertiary/aromatic N) is 1. The van der Waals surface area contributed by atoms with Crippen molar-refractivity contribution in [2.45, 2.75) is 23.8 Å². The summed E-state index contributed by atoms with van der Waals surface area (Å²) >= 11 is 0. The molecule has 19 heavy (non-hydrogen) atoms. The first-order valence-electron chi connectivity index (χ1n) is 6.07. The lowest BCUT2D eigenvalue weighted by Crippen LogP contribution is -2.44. The van der Waals surface area contributed by atoms with Crippen LogP contribution in [0.25, 0.3) is 0 Å². The minimum atomic E-state index is -4.00. The number of hydrogen-bond donors (Lipinski definition) is 1. The second-order valence-electron chi connectivity index (χ2n) is 4.58. The fourth-order valence-corrected chi connectivity index (χ4v) is 3.69. The van der Waals surface area contributed by atoms with Crippen molar-refractivity contribution < 1.29 is 17.2 Å². The molecule has 0 atom stereocenters. The summed E-state index contributed by atoms with van der Waals surface area (Å²) in [5, 5.41) is 3.13. The second-order valence-corrected chi connectivity index (χ2v) is 6.54. The average molecular weight is 290 g/mol. The van der Waals surface area contributed by atoms with Crippen molar-refractivity contribution in [2.24, 2.45) is 0 Å². The quantitative estimate of drug-likeness (QED) is 0.914. The van der Waals surface area contributed by atoms with Crippen LogP contribution in [0.1, 0.15) is 12.8 Å². The number of nitrogens with one attached hydrogen (secondary N) is 1. The van der Waals surface area contributed by atoms with Gasteiger partial charge in [-0.15, -0.1) is 0 Å². The fourth-order valence-electron chi connectivity index (χ4n) is 2.20. The van der Waals surface area contributed by atoms with E-state index in [1.54, 1.807) is 0 Å². The maximum Gasteiger partial charge on any atom is 0.246 e. The first-order chi connectivity index (χ1) is 8.93. The number of hydrogen-bond acceptors (Lipinski definition) is 3. The molecule has 1 fully saturated rings. The van der Waals surface area contributed by atoms with Crippen molar-refractivity contribution in [3.8, 4) is 0 Å². The Morgan fingerprint density at radius 2 is 1.89 bits per heavy atom. The van der Waals surface area contributed by atoms with Crippen LogP contribution in [0.2, 0.25) is 0 Å². The maximum atomic E-state index is 13.6. The van der Waals surface area contributed by atoms with E-state index in [-0.39, 0.29) is 6.04 Å². The van der Waals surface area contributed by atoms with Gasteiger partial charge in [0.2, 0.25) is 10.0 Å². The highest BCUT2D eigenvalue weighted by Crippen LogP contribution is 2.23. The normalized spacial score (nSPS) is 17.9. The molecule has 2 rings (SSSR count). The first kappa shape index (κ1) is 14.4. The highest BCUT2D eigenvalue weighted by molar-refractivity contribution is 7.89. The molecule has 1 saturated heterocycles. The molecule has 1 N–H and O–H groups in total. The molecule has 4 nitrogen and oxygen atoms in total. The van der Waals surface area contributed by atoms with Crippen LogP contribution in [0.3, 0.4) is 0 Å². The number of rotatable bonds is 3. The Bertz CT molecular complexity index is 557. The third kappa shape index (κ3) is 2.93. The molecule has 7 heteroatoms. The fraction of sp³-hybridized carbons (Fsp3) is 0.500. The molecule has 1 aromatic rings. The van der Waals surface area contributed by atoms with E-state index in [4.69, 9.17) is 0 Å². The van der Waals surface area contributed by atoms with Gasteiger partial charge in [-0.25, -0.2) is 17.2 Å². The van der Waals surface area contributed by atoms with Crippen LogP contribution in [0.15, 0.2) is 23.1 Å². The highest BCUT2D eigenvalue weighted by Gasteiger charge is 2.31. The zero-order chi connectivity index (χ0) is 14.0. The maximum absolute atomic E-state index is 13.6. The molecule has 0 aliphatic carbocycles.